The molecule has 0 radical (unpaired) electrons. The molecule has 1 aliphatic rings. The number of hydrogen-bond acceptors (Lipinski definition) is 4. The molecular weight excluding hydrogens is 549 g/mol. The van der Waals surface area contributed by atoms with Crippen LogP contribution in [0.15, 0.2) is 51.9 Å². The second kappa shape index (κ2) is 12.7. The first-order valence-electron chi connectivity index (χ1n) is 13.5. The normalized spacial score (nSPS) is 15.0. The molecule has 1 saturated carbocycles. The van der Waals surface area contributed by atoms with E-state index in [1.54, 1.807) is 12.3 Å². The number of carbonyl (C=O) groups excluding carboxylic acids is 2. The largest absolute Gasteiger partial charge is 0.380 e. The number of amides is 1. The average Bonchev–Trinajstić information content (AvgIpc) is 2.92. The Kier molecular flexibility index (Phi) is 9.36. The molecule has 1 atom stereocenters. The van der Waals surface area contributed by atoms with Crippen molar-refractivity contribution in [2.75, 3.05) is 5.32 Å². The van der Waals surface area contributed by atoms with E-state index in [-0.39, 0.29) is 29.5 Å². The number of rotatable bonds is 10. The van der Waals surface area contributed by atoms with Gasteiger partial charge in [-0.1, -0.05) is 61.2 Å². The van der Waals surface area contributed by atoms with Gasteiger partial charge in [0, 0.05) is 34.6 Å². The minimum absolute atomic E-state index is 0.0230. The van der Waals surface area contributed by atoms with Gasteiger partial charge in [0.25, 0.3) is 5.91 Å². The summed E-state index contributed by atoms with van der Waals surface area (Å²) in [5.41, 5.74) is 1.16. The average molecular weight is 585 g/mol. The predicted molar refractivity (Wildman–Crippen MR) is 153 cm³/mol. The quantitative estimate of drug-likeness (QED) is 0.250. The SMILES string of the molecule is CCC(CC)n1cc(C(=O)NC(CC=O)c2ccc(Br)cc2)c(=O)c2cc(F)c(NC3CCCCC3)cc21. The molecule has 6 nitrogen and oxygen atoms in total. The fourth-order valence-electron chi connectivity index (χ4n) is 5.40. The van der Waals surface area contributed by atoms with Crippen LogP contribution in [0.1, 0.15) is 93.2 Å². The second-order valence-corrected chi connectivity index (χ2v) is 11.0. The van der Waals surface area contributed by atoms with Crippen LogP contribution in [-0.2, 0) is 4.79 Å². The first-order chi connectivity index (χ1) is 18.4. The van der Waals surface area contributed by atoms with Crippen LogP contribution < -0.4 is 16.1 Å². The Morgan fingerprint density at radius 3 is 2.45 bits per heavy atom. The molecule has 0 saturated heterocycles. The Morgan fingerprint density at radius 1 is 1.13 bits per heavy atom. The van der Waals surface area contributed by atoms with Gasteiger partial charge in [-0.25, -0.2) is 4.39 Å². The summed E-state index contributed by atoms with van der Waals surface area (Å²) in [5.74, 6) is -1.08. The third kappa shape index (κ3) is 6.17. The van der Waals surface area contributed by atoms with Crippen molar-refractivity contribution in [2.45, 2.75) is 83.3 Å². The Morgan fingerprint density at radius 2 is 1.82 bits per heavy atom. The molecule has 1 unspecified atom stereocenters. The summed E-state index contributed by atoms with van der Waals surface area (Å²) in [7, 11) is 0. The van der Waals surface area contributed by atoms with Crippen molar-refractivity contribution in [1.82, 2.24) is 9.88 Å². The number of anilines is 1. The van der Waals surface area contributed by atoms with Crippen molar-refractivity contribution in [3.05, 3.63) is 74.2 Å². The monoisotopic (exact) mass is 583 g/mol. The van der Waals surface area contributed by atoms with Crippen LogP contribution in [0.2, 0.25) is 0 Å². The Hall–Kier alpha value is -3.00. The summed E-state index contributed by atoms with van der Waals surface area (Å²) >= 11 is 3.39. The molecule has 8 heteroatoms. The van der Waals surface area contributed by atoms with Crippen molar-refractivity contribution in [1.29, 1.82) is 0 Å². The summed E-state index contributed by atoms with van der Waals surface area (Å²) in [6, 6.07) is 9.91. The molecule has 0 aliphatic heterocycles. The molecule has 0 spiro atoms. The minimum atomic E-state index is -0.594. The van der Waals surface area contributed by atoms with Crippen LogP contribution >= 0.6 is 15.9 Å². The highest BCUT2D eigenvalue weighted by Crippen LogP contribution is 2.29. The van der Waals surface area contributed by atoms with Gasteiger partial charge in [-0.15, -0.1) is 0 Å². The maximum absolute atomic E-state index is 15.3. The van der Waals surface area contributed by atoms with Crippen LogP contribution in [0.4, 0.5) is 10.1 Å². The summed E-state index contributed by atoms with van der Waals surface area (Å²) < 4.78 is 18.1. The summed E-state index contributed by atoms with van der Waals surface area (Å²) in [5, 5.41) is 6.38. The van der Waals surface area contributed by atoms with E-state index in [0.717, 1.165) is 54.8 Å². The molecule has 38 heavy (non-hydrogen) atoms. The molecule has 0 bridgehead atoms. The smallest absolute Gasteiger partial charge is 0.257 e. The highest BCUT2D eigenvalue weighted by Gasteiger charge is 2.23. The molecule has 1 fully saturated rings. The lowest BCUT2D eigenvalue weighted by atomic mass is 9.95. The zero-order valence-corrected chi connectivity index (χ0v) is 23.5. The second-order valence-electron chi connectivity index (χ2n) is 10.1. The topological polar surface area (TPSA) is 80.2 Å². The predicted octanol–water partition coefficient (Wildman–Crippen LogP) is 7.07. The first kappa shape index (κ1) is 28.0. The molecule has 1 aromatic heterocycles. The van der Waals surface area contributed by atoms with Gasteiger partial charge in [0.2, 0.25) is 5.43 Å². The minimum Gasteiger partial charge on any atom is -0.380 e. The maximum Gasteiger partial charge on any atom is 0.257 e. The number of nitrogens with one attached hydrogen (secondary N) is 2. The van der Waals surface area contributed by atoms with Crippen LogP contribution in [0.25, 0.3) is 10.9 Å². The lowest BCUT2D eigenvalue weighted by molar-refractivity contribution is -0.108. The van der Waals surface area contributed by atoms with Crippen LogP contribution in [0, 0.1) is 5.82 Å². The van der Waals surface area contributed by atoms with Gasteiger partial charge in [-0.05, 0) is 55.5 Å². The highest BCUT2D eigenvalue weighted by molar-refractivity contribution is 9.10. The van der Waals surface area contributed by atoms with E-state index >= 15 is 4.39 Å². The van der Waals surface area contributed by atoms with Crippen molar-refractivity contribution in [3.8, 4) is 0 Å². The van der Waals surface area contributed by atoms with E-state index in [9.17, 15) is 14.4 Å². The van der Waals surface area contributed by atoms with Gasteiger partial charge in [-0.3, -0.25) is 9.59 Å². The summed E-state index contributed by atoms with van der Waals surface area (Å²) in [4.78, 5) is 38.4. The molecule has 1 amide bonds. The standard InChI is InChI=1S/C30H35BrFN3O3/c1-3-22(4-2)35-18-24(30(38)34-26(14-15-36)19-10-12-20(31)13-11-19)29(37)23-16-25(32)27(17-28(23)35)33-21-8-6-5-7-9-21/h10-13,15-18,21-22,26,33H,3-9,14H2,1-2H3,(H,34,38). The Balaban J connectivity index is 1.76. The molecule has 3 aromatic rings. The van der Waals surface area contributed by atoms with Gasteiger partial charge in [0.15, 0.2) is 0 Å². The summed E-state index contributed by atoms with van der Waals surface area (Å²) in [6.45, 7) is 4.10. The number of halogens is 2. The molecule has 1 aliphatic carbocycles. The zero-order valence-electron chi connectivity index (χ0n) is 21.9. The number of benzene rings is 2. The van der Waals surface area contributed by atoms with Crippen molar-refractivity contribution >= 4 is 44.7 Å². The molecule has 1 heterocycles. The Labute approximate surface area is 231 Å². The molecule has 202 valence electrons. The number of aldehydes is 1. The van der Waals surface area contributed by atoms with Crippen molar-refractivity contribution in [2.24, 2.45) is 0 Å². The van der Waals surface area contributed by atoms with Crippen LogP contribution in [-0.4, -0.2) is 22.8 Å². The van der Waals surface area contributed by atoms with E-state index in [0.29, 0.717) is 11.2 Å². The van der Waals surface area contributed by atoms with Gasteiger partial charge in [0.05, 0.1) is 17.2 Å². The first-order valence-corrected chi connectivity index (χ1v) is 14.3. The van der Waals surface area contributed by atoms with E-state index < -0.39 is 23.2 Å². The van der Waals surface area contributed by atoms with E-state index in [2.05, 4.69) is 40.4 Å². The lowest BCUT2D eigenvalue weighted by Crippen LogP contribution is -2.33. The number of nitrogens with zero attached hydrogens (tertiary/aromatic N) is 1. The highest BCUT2D eigenvalue weighted by atomic mass is 79.9. The number of fused-ring (bicyclic) bond motifs is 1. The third-order valence-corrected chi connectivity index (χ3v) is 8.10. The Bertz CT molecular complexity index is 1350. The van der Waals surface area contributed by atoms with E-state index in [1.165, 1.54) is 12.5 Å². The fraction of sp³-hybridized carbons (Fsp3) is 0.433. The fourth-order valence-corrected chi connectivity index (χ4v) is 5.66. The van der Waals surface area contributed by atoms with E-state index in [4.69, 9.17) is 0 Å². The number of pyridine rings is 1. The van der Waals surface area contributed by atoms with Gasteiger partial charge < -0.3 is 20.0 Å². The molecule has 2 N–H and O–H groups in total. The van der Waals surface area contributed by atoms with Crippen molar-refractivity contribution in [3.63, 3.8) is 0 Å². The number of aromatic nitrogens is 1. The van der Waals surface area contributed by atoms with Gasteiger partial charge in [0.1, 0.15) is 17.7 Å². The molecular formula is C30H35BrFN3O3. The maximum atomic E-state index is 15.3. The molecule has 2 aromatic carbocycles. The van der Waals surface area contributed by atoms with Crippen molar-refractivity contribution < 1.29 is 14.0 Å². The van der Waals surface area contributed by atoms with Crippen LogP contribution in [0.5, 0.6) is 0 Å². The number of hydrogen-bond donors (Lipinski definition) is 2. The third-order valence-electron chi connectivity index (χ3n) is 7.58. The number of carbonyl (C=O) groups is 2. The molecule has 4 rings (SSSR count). The van der Waals surface area contributed by atoms with Gasteiger partial charge >= 0.3 is 0 Å². The van der Waals surface area contributed by atoms with Gasteiger partial charge in [-0.2, -0.15) is 0 Å². The van der Waals surface area contributed by atoms with E-state index in [1.807, 2.05) is 28.8 Å². The van der Waals surface area contributed by atoms with Crippen LogP contribution in [0.3, 0.4) is 0 Å². The lowest BCUT2D eigenvalue weighted by Gasteiger charge is -2.26. The zero-order chi connectivity index (χ0) is 27.2. The summed E-state index contributed by atoms with van der Waals surface area (Å²) in [6.07, 6.45) is 9.40.